The van der Waals surface area contributed by atoms with Crippen LogP contribution in [0.5, 0.6) is 0 Å². The van der Waals surface area contributed by atoms with E-state index in [9.17, 15) is 9.18 Å². The Labute approximate surface area is 142 Å². The van der Waals surface area contributed by atoms with Gasteiger partial charge in [0.1, 0.15) is 11.9 Å². The molecule has 1 saturated heterocycles. The monoisotopic (exact) mass is 342 g/mol. The highest BCUT2D eigenvalue weighted by Crippen LogP contribution is 2.36. The lowest BCUT2D eigenvalue weighted by Crippen LogP contribution is -2.49. The van der Waals surface area contributed by atoms with Crippen LogP contribution < -0.4 is 10.6 Å². The second-order valence-electron chi connectivity index (χ2n) is 6.12. The average molecular weight is 343 g/mol. The van der Waals surface area contributed by atoms with Crippen LogP contribution in [-0.4, -0.2) is 31.7 Å². The lowest BCUT2D eigenvalue weighted by Gasteiger charge is -2.29. The van der Waals surface area contributed by atoms with Gasteiger partial charge in [-0.15, -0.1) is 12.4 Å². The molecule has 1 aliphatic carbocycles. The van der Waals surface area contributed by atoms with Gasteiger partial charge in [0.15, 0.2) is 0 Å². The third-order valence-electron chi connectivity index (χ3n) is 4.63. The number of morpholine rings is 1. The van der Waals surface area contributed by atoms with Crippen molar-refractivity contribution in [1.82, 2.24) is 10.6 Å². The van der Waals surface area contributed by atoms with Gasteiger partial charge < -0.3 is 15.4 Å². The Morgan fingerprint density at radius 3 is 2.70 bits per heavy atom. The summed E-state index contributed by atoms with van der Waals surface area (Å²) in [5.41, 5.74) is 0.589. The summed E-state index contributed by atoms with van der Waals surface area (Å²) in [6, 6.07) is 6.48. The minimum Gasteiger partial charge on any atom is -0.366 e. The largest absolute Gasteiger partial charge is 0.366 e. The van der Waals surface area contributed by atoms with Crippen molar-refractivity contribution in [3.63, 3.8) is 0 Å². The van der Waals surface area contributed by atoms with Crippen LogP contribution in [0.1, 0.15) is 37.3 Å². The molecule has 2 atom stereocenters. The minimum absolute atomic E-state index is 0. The minimum atomic E-state index is -0.482. The number of ether oxygens (including phenoxy) is 1. The first-order valence-electron chi connectivity index (χ1n) is 8.13. The molecule has 128 valence electrons. The van der Waals surface area contributed by atoms with Gasteiger partial charge in [0.05, 0.1) is 12.6 Å². The molecule has 1 aromatic rings. The normalized spacial score (nSPS) is 23.1. The molecule has 0 spiro atoms. The summed E-state index contributed by atoms with van der Waals surface area (Å²) in [6.07, 6.45) is 3.87. The van der Waals surface area contributed by atoms with E-state index >= 15 is 0 Å². The van der Waals surface area contributed by atoms with Gasteiger partial charge in [-0.05, 0) is 24.8 Å². The van der Waals surface area contributed by atoms with Crippen molar-refractivity contribution in [2.75, 3.05) is 19.7 Å². The number of amides is 1. The van der Waals surface area contributed by atoms with Crippen molar-refractivity contribution in [3.8, 4) is 0 Å². The molecule has 1 aromatic carbocycles. The molecular weight excluding hydrogens is 319 g/mol. The van der Waals surface area contributed by atoms with E-state index in [0.29, 0.717) is 24.6 Å². The number of hydrogen-bond acceptors (Lipinski definition) is 3. The van der Waals surface area contributed by atoms with Crippen molar-refractivity contribution >= 4 is 18.3 Å². The maximum Gasteiger partial charge on any atom is 0.250 e. The van der Waals surface area contributed by atoms with E-state index in [-0.39, 0.29) is 30.2 Å². The second-order valence-corrected chi connectivity index (χ2v) is 6.12. The molecule has 1 amide bonds. The Bertz CT molecular complexity index is 517. The number of hydrogen-bond donors (Lipinski definition) is 2. The van der Waals surface area contributed by atoms with Gasteiger partial charge in [0, 0.05) is 18.7 Å². The van der Waals surface area contributed by atoms with Crippen molar-refractivity contribution in [2.24, 2.45) is 5.92 Å². The Morgan fingerprint density at radius 1 is 1.30 bits per heavy atom. The summed E-state index contributed by atoms with van der Waals surface area (Å²) in [6.45, 7) is 1.81. The summed E-state index contributed by atoms with van der Waals surface area (Å²) in [5.74, 6) is -0.0906. The second kappa shape index (κ2) is 8.62. The van der Waals surface area contributed by atoms with Crippen LogP contribution in [0.25, 0.3) is 0 Å². The number of rotatable bonds is 4. The van der Waals surface area contributed by atoms with Gasteiger partial charge in [0.25, 0.3) is 5.91 Å². The van der Waals surface area contributed by atoms with Gasteiger partial charge >= 0.3 is 0 Å². The average Bonchev–Trinajstić information content (AvgIpc) is 3.08. The lowest BCUT2D eigenvalue weighted by atomic mass is 9.91. The zero-order valence-corrected chi connectivity index (χ0v) is 13.9. The standard InChI is InChI=1S/C17H23FN2O2.ClH/c18-14-8-4-3-7-13(14)16(12-5-1-2-6-12)20-17(21)15-11-19-9-10-22-15;/h3-4,7-8,12,15-16,19H,1-2,5-6,9-11H2,(H,20,21);1H. The molecule has 0 aromatic heterocycles. The van der Waals surface area contributed by atoms with Crippen LogP contribution in [0.2, 0.25) is 0 Å². The maximum atomic E-state index is 14.2. The fourth-order valence-electron chi connectivity index (χ4n) is 3.45. The molecule has 6 heteroatoms. The van der Waals surface area contributed by atoms with E-state index in [1.54, 1.807) is 12.1 Å². The number of nitrogens with one attached hydrogen (secondary N) is 2. The molecule has 2 N–H and O–H groups in total. The summed E-state index contributed by atoms with van der Waals surface area (Å²) < 4.78 is 19.7. The first-order valence-corrected chi connectivity index (χ1v) is 8.13. The highest BCUT2D eigenvalue weighted by atomic mass is 35.5. The number of halogens is 2. The Kier molecular flexibility index (Phi) is 6.81. The molecule has 1 saturated carbocycles. The molecule has 23 heavy (non-hydrogen) atoms. The highest BCUT2D eigenvalue weighted by Gasteiger charge is 2.32. The van der Waals surface area contributed by atoms with Gasteiger partial charge in [0.2, 0.25) is 0 Å². The van der Waals surface area contributed by atoms with Crippen LogP contribution in [0.4, 0.5) is 4.39 Å². The van der Waals surface area contributed by atoms with Gasteiger partial charge in [-0.3, -0.25) is 4.79 Å². The van der Waals surface area contributed by atoms with E-state index < -0.39 is 6.10 Å². The van der Waals surface area contributed by atoms with Crippen LogP contribution in [-0.2, 0) is 9.53 Å². The Morgan fingerprint density at radius 2 is 2.04 bits per heavy atom. The summed E-state index contributed by atoms with van der Waals surface area (Å²) in [5, 5.41) is 6.19. The predicted octanol–water partition coefficient (Wildman–Crippen LogP) is 2.58. The van der Waals surface area contributed by atoms with Gasteiger partial charge in [-0.25, -0.2) is 4.39 Å². The molecule has 4 nitrogen and oxygen atoms in total. The zero-order valence-electron chi connectivity index (χ0n) is 13.1. The SMILES string of the molecule is Cl.O=C(NC(c1ccccc1F)C1CCCC1)C1CNCCO1. The topological polar surface area (TPSA) is 50.4 Å². The Hall–Kier alpha value is -1.17. The third-order valence-corrected chi connectivity index (χ3v) is 4.63. The van der Waals surface area contributed by atoms with Crippen molar-refractivity contribution in [1.29, 1.82) is 0 Å². The summed E-state index contributed by atoms with van der Waals surface area (Å²) in [7, 11) is 0. The molecule has 3 rings (SSSR count). The van der Waals surface area contributed by atoms with E-state index in [4.69, 9.17) is 4.74 Å². The summed E-state index contributed by atoms with van der Waals surface area (Å²) >= 11 is 0. The molecule has 2 fully saturated rings. The van der Waals surface area contributed by atoms with Crippen molar-refractivity contribution < 1.29 is 13.9 Å². The predicted molar refractivity (Wildman–Crippen MR) is 89.1 cm³/mol. The first kappa shape index (κ1) is 18.2. The van der Waals surface area contributed by atoms with Crippen LogP contribution >= 0.6 is 12.4 Å². The van der Waals surface area contributed by atoms with E-state index in [1.165, 1.54) is 6.07 Å². The van der Waals surface area contributed by atoms with Gasteiger partial charge in [-0.2, -0.15) is 0 Å². The van der Waals surface area contributed by atoms with Gasteiger partial charge in [-0.1, -0.05) is 31.0 Å². The molecule has 2 aliphatic rings. The number of carbonyl (C=O) groups is 1. The fourth-order valence-corrected chi connectivity index (χ4v) is 3.45. The zero-order chi connectivity index (χ0) is 15.4. The number of carbonyl (C=O) groups excluding carboxylic acids is 1. The maximum absolute atomic E-state index is 14.2. The molecule has 1 heterocycles. The number of benzene rings is 1. The molecule has 0 radical (unpaired) electrons. The van der Waals surface area contributed by atoms with E-state index in [2.05, 4.69) is 10.6 Å². The first-order chi connectivity index (χ1) is 10.8. The summed E-state index contributed by atoms with van der Waals surface area (Å²) in [4.78, 5) is 12.5. The molecule has 1 aliphatic heterocycles. The van der Waals surface area contributed by atoms with Crippen LogP contribution in [0.3, 0.4) is 0 Å². The van der Waals surface area contributed by atoms with Crippen molar-refractivity contribution in [2.45, 2.75) is 37.8 Å². The highest BCUT2D eigenvalue weighted by molar-refractivity contribution is 5.85. The fraction of sp³-hybridized carbons (Fsp3) is 0.588. The Balaban J connectivity index is 0.00000192. The lowest BCUT2D eigenvalue weighted by molar-refractivity contribution is -0.135. The van der Waals surface area contributed by atoms with Crippen LogP contribution in [0, 0.1) is 11.7 Å². The van der Waals surface area contributed by atoms with E-state index in [1.807, 2.05) is 6.07 Å². The van der Waals surface area contributed by atoms with E-state index in [0.717, 1.165) is 32.2 Å². The molecule has 0 bridgehead atoms. The smallest absolute Gasteiger partial charge is 0.250 e. The third kappa shape index (κ3) is 4.43. The van der Waals surface area contributed by atoms with Crippen molar-refractivity contribution in [3.05, 3.63) is 35.6 Å². The van der Waals surface area contributed by atoms with Crippen LogP contribution in [0.15, 0.2) is 24.3 Å². The molecular formula is C17H24ClFN2O2. The molecule has 2 unspecified atom stereocenters. The quantitative estimate of drug-likeness (QED) is 0.884.